The number of carbonyl (C=O) groups excluding carboxylic acids is 1. The Bertz CT molecular complexity index is 1680. The van der Waals surface area contributed by atoms with Crippen LogP contribution in [0.3, 0.4) is 0 Å². The summed E-state index contributed by atoms with van der Waals surface area (Å²) in [5, 5.41) is 54.7. The maximum absolute atomic E-state index is 13.1. The summed E-state index contributed by atoms with van der Waals surface area (Å²) in [7, 11) is 0. The molecule has 1 heterocycles. The molecule has 7 atom stereocenters. The van der Waals surface area contributed by atoms with Crippen molar-refractivity contribution in [3.8, 4) is 0 Å². The molecule has 1 amide bonds. The zero-order chi connectivity index (χ0) is 60.0. The van der Waals surface area contributed by atoms with Crippen molar-refractivity contribution in [2.45, 2.75) is 339 Å². The quantitative estimate of drug-likeness (QED) is 0.0261. The smallest absolute Gasteiger partial charge is 0.220 e. The van der Waals surface area contributed by atoms with E-state index < -0.39 is 49.5 Å². The highest BCUT2D eigenvalue weighted by Gasteiger charge is 2.44. The first-order chi connectivity index (χ1) is 40.8. The number of aliphatic hydroxyl groups is 5. The molecule has 1 fully saturated rings. The van der Waals surface area contributed by atoms with Crippen LogP contribution in [0.2, 0.25) is 0 Å². The average molecular weight is 1160 g/mol. The summed E-state index contributed by atoms with van der Waals surface area (Å²) in [5.74, 6) is -0.220. The largest absolute Gasteiger partial charge is 0.394 e. The van der Waals surface area contributed by atoms with Crippen LogP contribution in [0.4, 0.5) is 0 Å². The highest BCUT2D eigenvalue weighted by atomic mass is 16.7. The molecule has 0 bridgehead atoms. The third-order valence-electron chi connectivity index (χ3n) is 15.9. The van der Waals surface area contributed by atoms with Gasteiger partial charge in [-0.15, -0.1) is 0 Å². The third kappa shape index (κ3) is 50.7. The molecule has 0 spiro atoms. The summed E-state index contributed by atoms with van der Waals surface area (Å²) in [4.78, 5) is 13.1. The monoisotopic (exact) mass is 1160 g/mol. The Labute approximate surface area is 510 Å². The van der Waals surface area contributed by atoms with E-state index in [-0.39, 0.29) is 18.9 Å². The maximum atomic E-state index is 13.1. The summed E-state index contributed by atoms with van der Waals surface area (Å²) >= 11 is 0. The Hall–Kier alpha value is -3.15. The first kappa shape index (κ1) is 77.9. The van der Waals surface area contributed by atoms with Gasteiger partial charge in [-0.1, -0.05) is 316 Å². The van der Waals surface area contributed by atoms with Crippen molar-refractivity contribution in [2.75, 3.05) is 13.2 Å². The first-order valence-electron chi connectivity index (χ1n) is 34.6. The van der Waals surface area contributed by atoms with Gasteiger partial charge in [0.1, 0.15) is 24.4 Å². The molecule has 478 valence electrons. The minimum absolute atomic E-state index is 0.212. The van der Waals surface area contributed by atoms with E-state index in [9.17, 15) is 30.3 Å². The molecule has 0 aromatic carbocycles. The van der Waals surface area contributed by atoms with E-state index in [2.05, 4.69) is 116 Å². The van der Waals surface area contributed by atoms with Crippen molar-refractivity contribution < 1.29 is 39.8 Å². The van der Waals surface area contributed by atoms with E-state index in [0.717, 1.165) is 83.5 Å². The summed E-state index contributed by atoms with van der Waals surface area (Å²) in [6.07, 6.45) is 84.8. The van der Waals surface area contributed by atoms with Crippen LogP contribution >= 0.6 is 0 Å². The number of aliphatic hydroxyl groups excluding tert-OH is 5. The molecule has 9 heteroatoms. The number of hydrogen-bond acceptors (Lipinski definition) is 8. The van der Waals surface area contributed by atoms with Crippen LogP contribution in [-0.2, 0) is 14.3 Å². The average Bonchev–Trinajstić information content (AvgIpc) is 3.60. The Morgan fingerprint density at radius 3 is 1.11 bits per heavy atom. The lowest BCUT2D eigenvalue weighted by atomic mass is 9.99. The van der Waals surface area contributed by atoms with Crippen LogP contribution in [0.1, 0.15) is 296 Å². The van der Waals surface area contributed by atoms with Crippen LogP contribution in [0.25, 0.3) is 0 Å². The molecule has 0 saturated carbocycles. The molecule has 0 aliphatic carbocycles. The summed E-state index contributed by atoms with van der Waals surface area (Å²) in [5.41, 5.74) is 0. The minimum atomic E-state index is -1.58. The van der Waals surface area contributed by atoms with Gasteiger partial charge in [-0.3, -0.25) is 4.79 Å². The highest BCUT2D eigenvalue weighted by molar-refractivity contribution is 5.76. The number of rotatable bonds is 59. The summed E-state index contributed by atoms with van der Waals surface area (Å²) < 4.78 is 11.3. The SMILES string of the molecule is CC/C=C\C/C=C\C/C=C\C/C=C\C/C=C\C/C=C\C/C=C\C/C=C\CCCCC(=O)NC(COC1OC(CO)C(O)C(O)C1O)C(O)/C=C/CCCCCCCCCCCCCCCCCCCCCCCCCCCCCCCCC. The third-order valence-corrected chi connectivity index (χ3v) is 15.9. The van der Waals surface area contributed by atoms with Crippen LogP contribution in [0, 0.1) is 0 Å². The molecule has 9 nitrogen and oxygen atoms in total. The highest BCUT2D eigenvalue weighted by Crippen LogP contribution is 2.23. The van der Waals surface area contributed by atoms with E-state index in [0.29, 0.717) is 6.42 Å². The Balaban J connectivity index is 2.19. The molecular formula is C74H129NO8. The van der Waals surface area contributed by atoms with Crippen LogP contribution in [-0.4, -0.2) is 87.5 Å². The van der Waals surface area contributed by atoms with E-state index in [1.165, 1.54) is 186 Å². The van der Waals surface area contributed by atoms with Gasteiger partial charge in [0.05, 0.1) is 25.4 Å². The Kier molecular flexibility index (Phi) is 58.1. The molecule has 83 heavy (non-hydrogen) atoms. The minimum Gasteiger partial charge on any atom is -0.394 e. The molecular weight excluding hydrogens is 1030 g/mol. The van der Waals surface area contributed by atoms with Crippen LogP contribution in [0.5, 0.6) is 0 Å². The van der Waals surface area contributed by atoms with Crippen LogP contribution in [0.15, 0.2) is 109 Å². The number of carbonyl (C=O) groups is 1. The first-order valence-corrected chi connectivity index (χ1v) is 34.6. The number of unbranched alkanes of at least 4 members (excludes halogenated alkanes) is 33. The van der Waals surface area contributed by atoms with E-state index >= 15 is 0 Å². The second-order valence-electron chi connectivity index (χ2n) is 23.6. The van der Waals surface area contributed by atoms with Gasteiger partial charge >= 0.3 is 0 Å². The molecule has 0 radical (unpaired) electrons. The Morgan fingerprint density at radius 2 is 0.747 bits per heavy atom. The number of hydrogen-bond donors (Lipinski definition) is 6. The second kappa shape index (κ2) is 61.9. The Morgan fingerprint density at radius 1 is 0.422 bits per heavy atom. The maximum Gasteiger partial charge on any atom is 0.220 e. The van der Waals surface area contributed by atoms with Crippen molar-refractivity contribution in [2.24, 2.45) is 0 Å². The molecule has 1 rings (SSSR count). The molecule has 7 unspecified atom stereocenters. The molecule has 6 N–H and O–H groups in total. The van der Waals surface area contributed by atoms with Crippen molar-refractivity contribution >= 4 is 5.91 Å². The van der Waals surface area contributed by atoms with Crippen molar-refractivity contribution in [1.29, 1.82) is 0 Å². The van der Waals surface area contributed by atoms with Gasteiger partial charge in [0.2, 0.25) is 5.91 Å². The fourth-order valence-corrected chi connectivity index (χ4v) is 10.5. The number of ether oxygens (including phenoxy) is 2. The molecule has 1 saturated heterocycles. The van der Waals surface area contributed by atoms with Gasteiger partial charge in [-0.05, 0) is 83.5 Å². The fraction of sp³-hybridized carbons (Fsp3) is 0.743. The van der Waals surface area contributed by atoms with Gasteiger partial charge in [-0.25, -0.2) is 0 Å². The normalized spacial score (nSPS) is 19.0. The number of allylic oxidation sites excluding steroid dienone is 17. The molecule has 0 aromatic heterocycles. The van der Waals surface area contributed by atoms with E-state index in [4.69, 9.17) is 9.47 Å². The van der Waals surface area contributed by atoms with Crippen molar-refractivity contribution in [3.63, 3.8) is 0 Å². The molecule has 0 aromatic rings. The lowest BCUT2D eigenvalue weighted by molar-refractivity contribution is -0.302. The zero-order valence-corrected chi connectivity index (χ0v) is 53.4. The van der Waals surface area contributed by atoms with E-state index in [1.54, 1.807) is 6.08 Å². The van der Waals surface area contributed by atoms with Gasteiger partial charge in [0.25, 0.3) is 0 Å². The second-order valence-corrected chi connectivity index (χ2v) is 23.6. The van der Waals surface area contributed by atoms with Gasteiger partial charge < -0.3 is 40.3 Å². The summed E-state index contributed by atoms with van der Waals surface area (Å²) in [6, 6.07) is -0.839. The predicted molar refractivity (Wildman–Crippen MR) is 354 cm³/mol. The zero-order valence-electron chi connectivity index (χ0n) is 53.4. The molecule has 1 aliphatic rings. The summed E-state index contributed by atoms with van der Waals surface area (Å²) in [6.45, 7) is 3.66. The van der Waals surface area contributed by atoms with Crippen LogP contribution < -0.4 is 5.32 Å². The fourth-order valence-electron chi connectivity index (χ4n) is 10.5. The van der Waals surface area contributed by atoms with E-state index in [1.807, 2.05) is 6.08 Å². The predicted octanol–water partition coefficient (Wildman–Crippen LogP) is 18.9. The van der Waals surface area contributed by atoms with Gasteiger partial charge in [0.15, 0.2) is 6.29 Å². The number of nitrogens with one attached hydrogen (secondary N) is 1. The lowest BCUT2D eigenvalue weighted by Crippen LogP contribution is -2.60. The van der Waals surface area contributed by atoms with Gasteiger partial charge in [0, 0.05) is 6.42 Å². The lowest BCUT2D eigenvalue weighted by Gasteiger charge is -2.40. The van der Waals surface area contributed by atoms with Crippen molar-refractivity contribution in [3.05, 3.63) is 109 Å². The standard InChI is InChI=1S/C74H129NO8/c1-3-5-7-9-11-13-15-17-19-21-23-25-27-29-31-32-33-34-35-36-38-39-41-43-45-47-49-51-53-55-57-59-61-63-68(77)67(66-82-74-73(81)72(80)71(79)69(65-76)83-74)75-70(78)64-62-60-58-56-54-52-50-48-46-44-42-40-37-30-28-26-24-22-20-18-16-14-12-10-8-6-4-2/h6,8,12,14,18,20,24,26,30,37,42,44,48,50,54,56,61,63,67-69,71-74,76-77,79-81H,3-5,7,9-11,13,15-17,19,21-23,25,27-29,31-36,38-41,43,45-47,49,51-53,55,57-60,62,64-66H2,1-2H3,(H,75,78)/b8-6-,14-12-,20-18-,26-24-,37-30-,44-42-,50-48-,56-54-,63-61+. The molecule has 1 aliphatic heterocycles. The van der Waals surface area contributed by atoms with Gasteiger partial charge in [-0.2, -0.15) is 0 Å². The number of amides is 1. The van der Waals surface area contributed by atoms with Crippen molar-refractivity contribution in [1.82, 2.24) is 5.32 Å². The topological polar surface area (TPSA) is 149 Å².